The van der Waals surface area contributed by atoms with E-state index >= 15 is 0 Å². The smallest absolute Gasteiger partial charge is 0.240 e. The summed E-state index contributed by atoms with van der Waals surface area (Å²) in [6.45, 7) is 0. The zero-order chi connectivity index (χ0) is 37.8. The molecule has 0 spiro atoms. The molecule has 11 rings (SSSR count). The number of benzene rings is 7. The number of rotatable bonds is 7. The van der Waals surface area contributed by atoms with Crippen molar-refractivity contribution in [1.82, 2.24) is 34.1 Å². The second-order valence-corrected chi connectivity index (χ2v) is 17.8. The molecule has 0 unspecified atom stereocenters. The van der Waals surface area contributed by atoms with Crippen LogP contribution < -0.4 is 21.0 Å². The van der Waals surface area contributed by atoms with Gasteiger partial charge in [0.25, 0.3) is 0 Å². The van der Waals surface area contributed by atoms with E-state index in [1.54, 1.807) is 0 Å². The van der Waals surface area contributed by atoms with Gasteiger partial charge in [-0.05, 0) is 45.9 Å². The molecule has 0 radical (unpaired) electrons. The molecule has 0 saturated heterocycles. The molecule has 8 heteroatoms. The summed E-state index contributed by atoms with van der Waals surface area (Å²) >= 11 is 0. The molecule has 0 amide bonds. The van der Waals surface area contributed by atoms with Crippen LogP contribution in [-0.2, 0) is 0 Å². The van der Waals surface area contributed by atoms with Crippen molar-refractivity contribution in [3.05, 3.63) is 200 Å². The summed E-state index contributed by atoms with van der Waals surface area (Å²) in [5.74, 6) is 1.47. The van der Waals surface area contributed by atoms with Crippen LogP contribution >= 0.6 is 0 Å². The van der Waals surface area contributed by atoms with Gasteiger partial charge in [-0.3, -0.25) is 9.13 Å². The Morgan fingerprint density at radius 1 is 0.333 bits per heavy atom. The first-order chi connectivity index (χ1) is 28.3. The molecule has 0 bridgehead atoms. The lowest BCUT2D eigenvalue weighted by atomic mass is 10.2. The maximum atomic E-state index is 5.52. The van der Waals surface area contributed by atoms with E-state index in [9.17, 15) is 0 Å². The lowest BCUT2D eigenvalue weighted by Crippen LogP contribution is -2.76. The molecular formula is C49H33N7Si. The molecule has 7 aromatic carbocycles. The SMILES string of the molecule is c1ccc([Si](c2ccccc2)(c2ccccc2)c2nccc(-c3nc(-n4c5ccccc5c5ccccc54)nc(-n4c5ccccc5c5ccccc54)n3)n2)cc1. The summed E-state index contributed by atoms with van der Waals surface area (Å²) in [6, 6.07) is 67.7. The van der Waals surface area contributed by atoms with Crippen LogP contribution in [0.3, 0.4) is 0 Å². The van der Waals surface area contributed by atoms with Gasteiger partial charge in [-0.25, -0.2) is 9.97 Å². The third kappa shape index (κ3) is 5.15. The Hall–Kier alpha value is -7.55. The van der Waals surface area contributed by atoms with E-state index in [0.29, 0.717) is 23.4 Å². The average molecular weight is 748 g/mol. The van der Waals surface area contributed by atoms with E-state index in [-0.39, 0.29) is 0 Å². The Kier molecular flexibility index (Phi) is 7.68. The zero-order valence-electron chi connectivity index (χ0n) is 30.7. The topological polar surface area (TPSA) is 74.3 Å². The molecule has 4 heterocycles. The van der Waals surface area contributed by atoms with Crippen LogP contribution in [0.2, 0.25) is 0 Å². The summed E-state index contributed by atoms with van der Waals surface area (Å²) < 4.78 is 4.29. The van der Waals surface area contributed by atoms with Crippen molar-refractivity contribution in [3.63, 3.8) is 0 Å². The molecule has 0 aliphatic heterocycles. The fourth-order valence-corrected chi connectivity index (χ4v) is 13.0. The fraction of sp³-hybridized carbons (Fsp3) is 0. The highest BCUT2D eigenvalue weighted by atomic mass is 28.3. The average Bonchev–Trinajstić information content (AvgIpc) is 3.81. The summed E-state index contributed by atoms with van der Waals surface area (Å²) in [7, 11) is -3.05. The number of hydrogen-bond acceptors (Lipinski definition) is 5. The first-order valence-electron chi connectivity index (χ1n) is 19.0. The molecule has 0 fully saturated rings. The van der Waals surface area contributed by atoms with Gasteiger partial charge in [-0.2, -0.15) is 15.0 Å². The second-order valence-electron chi connectivity index (χ2n) is 14.1. The molecule has 0 saturated carbocycles. The first kappa shape index (κ1) is 32.8. The quantitative estimate of drug-likeness (QED) is 0.123. The van der Waals surface area contributed by atoms with Gasteiger partial charge < -0.3 is 0 Å². The van der Waals surface area contributed by atoms with Crippen molar-refractivity contribution < 1.29 is 0 Å². The van der Waals surface area contributed by atoms with Gasteiger partial charge in [0.2, 0.25) is 20.0 Å². The van der Waals surface area contributed by atoms with Crippen molar-refractivity contribution in [3.8, 4) is 23.4 Å². The van der Waals surface area contributed by atoms with Gasteiger partial charge in [0.15, 0.2) is 5.82 Å². The highest BCUT2D eigenvalue weighted by molar-refractivity contribution is 7.19. The van der Waals surface area contributed by atoms with E-state index in [4.69, 9.17) is 24.9 Å². The molecular weight excluding hydrogens is 715 g/mol. The Bertz CT molecular complexity index is 2920. The third-order valence-electron chi connectivity index (χ3n) is 11.0. The zero-order valence-corrected chi connectivity index (χ0v) is 31.7. The van der Waals surface area contributed by atoms with Crippen molar-refractivity contribution >= 4 is 72.7 Å². The van der Waals surface area contributed by atoms with Crippen LogP contribution in [0, 0.1) is 0 Å². The molecule has 4 aromatic heterocycles. The molecule has 7 nitrogen and oxygen atoms in total. The van der Waals surface area contributed by atoms with Crippen LogP contribution in [0.5, 0.6) is 0 Å². The lowest BCUT2D eigenvalue weighted by molar-refractivity contribution is 0.889. The van der Waals surface area contributed by atoms with Crippen molar-refractivity contribution in [2.45, 2.75) is 0 Å². The van der Waals surface area contributed by atoms with E-state index in [1.807, 2.05) is 12.3 Å². The van der Waals surface area contributed by atoms with Crippen molar-refractivity contribution in [2.24, 2.45) is 0 Å². The molecule has 0 aliphatic carbocycles. The fourth-order valence-electron chi connectivity index (χ4n) is 8.56. The standard InChI is InChI=1S/C49H33N7Si/c1-4-18-34(19-5-1)57(35-20-6-2-7-21-35,36-22-8-3-9-23-36)49-50-33-32-41(51-49)46-52-47(55-42-28-14-10-24-37(42)38-25-11-15-29-43(38)55)54-48(53-46)56-44-30-16-12-26-39(44)40-27-13-17-31-45(40)56/h1-33H. The number of fused-ring (bicyclic) bond motifs is 6. The Morgan fingerprint density at radius 2 is 0.684 bits per heavy atom. The molecule has 268 valence electrons. The minimum atomic E-state index is -3.05. The van der Waals surface area contributed by atoms with Gasteiger partial charge in [-0.1, -0.05) is 164 Å². The van der Waals surface area contributed by atoms with Crippen LogP contribution in [-0.4, -0.2) is 42.1 Å². The molecule has 11 aromatic rings. The normalized spacial score (nSPS) is 11.9. The first-order valence-corrected chi connectivity index (χ1v) is 21.0. The van der Waals surface area contributed by atoms with Crippen LogP contribution in [0.4, 0.5) is 0 Å². The largest absolute Gasteiger partial charge is 0.278 e. The van der Waals surface area contributed by atoms with Crippen molar-refractivity contribution in [1.29, 1.82) is 0 Å². The van der Waals surface area contributed by atoms with Gasteiger partial charge in [0, 0.05) is 27.7 Å². The number of para-hydroxylation sites is 4. The number of aromatic nitrogens is 7. The Morgan fingerprint density at radius 3 is 1.07 bits per heavy atom. The lowest BCUT2D eigenvalue weighted by Gasteiger charge is -2.32. The maximum absolute atomic E-state index is 5.52. The third-order valence-corrected chi connectivity index (χ3v) is 15.5. The minimum absolute atomic E-state index is 0.458. The molecule has 0 N–H and O–H groups in total. The minimum Gasteiger partial charge on any atom is -0.278 e. The summed E-state index contributed by atoms with van der Waals surface area (Å²) in [5, 5.41) is 8.07. The second kappa shape index (κ2) is 13.3. The molecule has 0 atom stereocenters. The van der Waals surface area contributed by atoms with Gasteiger partial charge in [0.05, 0.1) is 22.1 Å². The number of hydrogen-bond donors (Lipinski definition) is 0. The Balaban J connectivity index is 1.22. The van der Waals surface area contributed by atoms with Crippen LogP contribution in [0.1, 0.15) is 0 Å². The van der Waals surface area contributed by atoms with E-state index < -0.39 is 8.07 Å². The van der Waals surface area contributed by atoms with Crippen LogP contribution in [0.25, 0.3) is 67.0 Å². The van der Waals surface area contributed by atoms with E-state index in [1.165, 1.54) is 15.6 Å². The monoisotopic (exact) mass is 747 g/mol. The van der Waals surface area contributed by atoms with Gasteiger partial charge in [0.1, 0.15) is 11.1 Å². The number of nitrogens with zero attached hydrogens (tertiary/aromatic N) is 7. The predicted octanol–water partition coefficient (Wildman–Crippen LogP) is 7.90. The van der Waals surface area contributed by atoms with E-state index in [0.717, 1.165) is 49.1 Å². The van der Waals surface area contributed by atoms with Gasteiger partial charge in [-0.15, -0.1) is 0 Å². The summed E-state index contributed by atoms with van der Waals surface area (Å²) in [6.07, 6.45) is 1.86. The highest BCUT2D eigenvalue weighted by Crippen LogP contribution is 2.34. The summed E-state index contributed by atoms with van der Waals surface area (Å²) in [5.41, 5.74) is 5.41. The van der Waals surface area contributed by atoms with E-state index in [2.05, 4.69) is 197 Å². The summed E-state index contributed by atoms with van der Waals surface area (Å²) in [4.78, 5) is 26.6. The van der Waals surface area contributed by atoms with Crippen molar-refractivity contribution in [2.75, 3.05) is 0 Å². The van der Waals surface area contributed by atoms with Gasteiger partial charge >= 0.3 is 0 Å². The molecule has 0 aliphatic rings. The highest BCUT2D eigenvalue weighted by Gasteiger charge is 2.44. The molecule has 57 heavy (non-hydrogen) atoms. The Labute approximate surface area is 329 Å². The van der Waals surface area contributed by atoms with Crippen LogP contribution in [0.15, 0.2) is 200 Å². The maximum Gasteiger partial charge on any atom is 0.240 e. The predicted molar refractivity (Wildman–Crippen MR) is 233 cm³/mol.